The van der Waals surface area contributed by atoms with E-state index in [-0.39, 0.29) is 62.3 Å². The third-order valence-electron chi connectivity index (χ3n) is 22.7. The fourth-order valence-corrected chi connectivity index (χ4v) is 16.2. The number of fused-ring (bicyclic) bond motifs is 1. The number of carbonyl (C=O) groups is 7. The summed E-state index contributed by atoms with van der Waals surface area (Å²) in [5.41, 5.74) is 24.6. The highest BCUT2D eigenvalue weighted by atomic mass is 79.9. The van der Waals surface area contributed by atoms with Crippen LogP contribution in [0.1, 0.15) is 128 Å². The molecule has 6 aromatic rings. The molecule has 0 spiro atoms. The average molecular weight is 1820 g/mol. The number of ether oxygens (including phenoxy) is 16. The molecule has 0 amide bonds. The van der Waals surface area contributed by atoms with Crippen LogP contribution in [0, 0.1) is 0 Å². The Labute approximate surface area is 732 Å². The lowest BCUT2D eigenvalue weighted by Gasteiger charge is -2.52. The molecule has 32 nitrogen and oxygen atoms in total. The molecule has 0 aliphatic carbocycles. The van der Waals surface area contributed by atoms with Gasteiger partial charge in [-0.2, -0.15) is 0 Å². The van der Waals surface area contributed by atoms with Gasteiger partial charge in [0, 0.05) is 41.0 Å². The second kappa shape index (κ2) is 45.1. The molecule has 6 aromatic carbocycles. The molecule has 20 atom stereocenters. The van der Waals surface area contributed by atoms with Crippen LogP contribution in [-0.2, 0) is 140 Å². The lowest BCUT2D eigenvalue weighted by atomic mass is 9.94. The number of benzene rings is 6. The number of ketones is 2. The van der Waals surface area contributed by atoms with Crippen molar-refractivity contribution in [2.24, 2.45) is 10.2 Å². The number of aliphatic hydroxyl groups is 1. The molecule has 670 valence electrons. The minimum absolute atomic E-state index is 0.00632. The van der Waals surface area contributed by atoms with Crippen molar-refractivity contribution >= 4 is 84.8 Å². The van der Waals surface area contributed by atoms with Crippen LogP contribution < -0.4 is 0 Å². The van der Waals surface area contributed by atoms with Crippen molar-refractivity contribution in [1.29, 1.82) is 0 Å². The van der Waals surface area contributed by atoms with Gasteiger partial charge in [0.1, 0.15) is 110 Å². The molecule has 4 aliphatic rings. The third-order valence-corrected chi connectivity index (χ3v) is 32.3. The van der Waals surface area contributed by atoms with E-state index < -0.39 is 213 Å². The molecule has 0 aromatic heterocycles. The molecule has 4 heterocycles. The Balaban J connectivity index is 1.15. The van der Waals surface area contributed by atoms with E-state index in [1.807, 2.05) is 101 Å². The highest BCUT2D eigenvalue weighted by molar-refractivity contribution is 9.10. The Morgan fingerprint density at radius 2 is 0.806 bits per heavy atom. The summed E-state index contributed by atoms with van der Waals surface area (Å²) in [6.45, 7) is 22.5. The van der Waals surface area contributed by atoms with Gasteiger partial charge in [0.15, 0.2) is 54.0 Å². The predicted octanol–water partition coefficient (Wildman–Crippen LogP) is 14.6. The van der Waals surface area contributed by atoms with Crippen LogP contribution in [-0.4, -0.2) is 212 Å². The highest BCUT2D eigenvalue weighted by Crippen LogP contribution is 2.44. The van der Waals surface area contributed by atoms with Gasteiger partial charge in [-0.15, -0.1) is 0 Å². The first-order valence-electron chi connectivity index (χ1n) is 41.3. The molecule has 4 fully saturated rings. The average Bonchev–Trinajstić information content (AvgIpc) is 0.751. The van der Waals surface area contributed by atoms with Crippen molar-refractivity contribution in [2.75, 3.05) is 26.4 Å². The highest BCUT2D eigenvalue weighted by Gasteiger charge is 2.60. The van der Waals surface area contributed by atoms with E-state index in [0.29, 0.717) is 11.1 Å². The second-order valence-electron chi connectivity index (χ2n) is 34.1. The summed E-state index contributed by atoms with van der Waals surface area (Å²) < 4.78 is 123. The molecular formula is C89H113BrN6O26Si2. The lowest BCUT2D eigenvalue weighted by molar-refractivity contribution is -0.378. The van der Waals surface area contributed by atoms with E-state index in [2.05, 4.69) is 69.8 Å². The lowest BCUT2D eigenvalue weighted by Crippen LogP contribution is -2.69. The quantitative estimate of drug-likeness (QED) is 0.00932. The smallest absolute Gasteiger partial charge is 0.338 e. The van der Waals surface area contributed by atoms with Crippen LogP contribution in [0.5, 0.6) is 0 Å². The topological polar surface area (TPSA) is 403 Å². The molecule has 0 unspecified atom stereocenters. The number of aliphatic hydroxyl groups excluding tert-OH is 1. The normalized spacial score (nSPS) is 26.7. The maximum Gasteiger partial charge on any atom is 0.338 e. The van der Waals surface area contributed by atoms with Crippen LogP contribution in [0.4, 0.5) is 0 Å². The van der Waals surface area contributed by atoms with Gasteiger partial charge in [0.25, 0.3) is 0 Å². The predicted molar refractivity (Wildman–Crippen MR) is 457 cm³/mol. The maximum absolute atomic E-state index is 15.4. The number of hydrogen-bond donors (Lipinski definition) is 1. The Bertz CT molecular complexity index is 4640. The largest absolute Gasteiger partial charge is 0.463 e. The summed E-state index contributed by atoms with van der Waals surface area (Å²) in [5, 5.41) is 21.7. The van der Waals surface area contributed by atoms with Crippen molar-refractivity contribution in [3.05, 3.63) is 211 Å². The van der Waals surface area contributed by atoms with Crippen LogP contribution in [0.2, 0.25) is 36.3 Å². The Morgan fingerprint density at radius 3 is 1.30 bits per heavy atom. The standard InChI is InChI=1S/C89H113BrN6O26Si2/c1-53(97)34-42-69(101)117-78-72(94-96-92)86(120-75-65(49-105-55(3)99)113-84(104)81(118-70(102)43-35-54(2)98)79(75)109-45-57-26-18-15-19-27-57)115-68(52-112-124(13,14)89(8,9)10)74(78)122-87-82(119-83(103)62-31-22-17-23-32-62)80(110-46-58-28-20-16-21-29-58)76(66(116-87)50-106-56(4)100)121-85-71(93-95-91)77(108-47-59-37-40-64(90)41-38-59)73(67(114-85)51-111-123(11,12)88(5,6)7)107-48-60-36-39-61-30-24-25-33-63(61)44-60/h15-33,36-41,44,65-68,71-82,84-87,104H,34-35,42-43,45-52H2,1-14H3/t65-,66-,67-,68-,71-,72-,73-,74-,75-,76-,77-,78-,79+,80+,81-,82-,84+,85-,86-,87+/m1/s1. The number of hydrogen-bond acceptors (Lipinski definition) is 28. The number of carbonyl (C=O) groups excluding carboxylic acids is 7. The monoisotopic (exact) mass is 1820 g/mol. The van der Waals surface area contributed by atoms with E-state index >= 15 is 4.79 Å². The number of esters is 5. The number of azide groups is 2. The number of nitrogens with zero attached hydrogens (tertiary/aromatic N) is 6. The van der Waals surface area contributed by atoms with Gasteiger partial charge in [-0.3, -0.25) is 19.2 Å². The molecule has 0 bridgehead atoms. The zero-order chi connectivity index (χ0) is 89.6. The molecule has 35 heteroatoms. The van der Waals surface area contributed by atoms with Gasteiger partial charge >= 0.3 is 29.8 Å². The summed E-state index contributed by atoms with van der Waals surface area (Å²) >= 11 is 3.55. The Morgan fingerprint density at radius 1 is 0.419 bits per heavy atom. The van der Waals surface area contributed by atoms with Crippen LogP contribution in [0.25, 0.3) is 31.7 Å². The number of halogens is 1. The summed E-state index contributed by atoms with van der Waals surface area (Å²) in [5.74, 6) is -5.35. The first kappa shape index (κ1) is 97.4. The van der Waals surface area contributed by atoms with Crippen molar-refractivity contribution in [2.45, 2.75) is 280 Å². The van der Waals surface area contributed by atoms with Crippen molar-refractivity contribution in [3.63, 3.8) is 0 Å². The van der Waals surface area contributed by atoms with Crippen molar-refractivity contribution in [3.8, 4) is 0 Å². The minimum Gasteiger partial charge on any atom is -0.463 e. The van der Waals surface area contributed by atoms with Gasteiger partial charge in [-0.25, -0.2) is 4.79 Å². The van der Waals surface area contributed by atoms with E-state index in [0.717, 1.165) is 40.2 Å². The molecule has 4 saturated heterocycles. The van der Waals surface area contributed by atoms with Gasteiger partial charge < -0.3 is 99.3 Å². The Hall–Kier alpha value is -8.76. The van der Waals surface area contributed by atoms with Crippen molar-refractivity contribution in [1.82, 2.24) is 0 Å². The Kier molecular flexibility index (Phi) is 35.4. The fraction of sp³-hybridized carbons (Fsp3) is 0.539. The molecule has 1 N–H and O–H groups in total. The zero-order valence-electron chi connectivity index (χ0n) is 72.3. The fourth-order valence-electron chi connectivity index (χ4n) is 13.9. The summed E-state index contributed by atoms with van der Waals surface area (Å²) in [7, 11) is -5.73. The van der Waals surface area contributed by atoms with Crippen molar-refractivity contribution < 1.29 is 123 Å². The van der Waals surface area contributed by atoms with Gasteiger partial charge in [-0.1, -0.05) is 195 Å². The number of rotatable bonds is 40. The summed E-state index contributed by atoms with van der Waals surface area (Å²) in [4.78, 5) is 102. The maximum atomic E-state index is 15.4. The third kappa shape index (κ3) is 27.1. The van der Waals surface area contributed by atoms with Crippen LogP contribution in [0.3, 0.4) is 0 Å². The molecule has 124 heavy (non-hydrogen) atoms. The van der Waals surface area contributed by atoms with Gasteiger partial charge in [-0.05, 0) is 125 Å². The molecule has 4 aliphatic heterocycles. The summed E-state index contributed by atoms with van der Waals surface area (Å²) in [6, 6.07) is 43.3. The van der Waals surface area contributed by atoms with E-state index in [1.54, 1.807) is 78.9 Å². The van der Waals surface area contributed by atoms with Crippen LogP contribution >= 0.6 is 15.9 Å². The van der Waals surface area contributed by atoms with E-state index in [4.69, 9.17) is 84.6 Å². The first-order valence-corrected chi connectivity index (χ1v) is 47.9. The van der Waals surface area contributed by atoms with E-state index in [1.165, 1.54) is 26.0 Å². The molecule has 0 radical (unpaired) electrons. The second-order valence-corrected chi connectivity index (χ2v) is 44.6. The molecular weight excluding hydrogens is 1710 g/mol. The summed E-state index contributed by atoms with van der Waals surface area (Å²) in [6.07, 6.45) is -31.9. The number of Topliss-reactive ketones (excluding diaryl/α,β-unsaturated/α-hetero) is 2. The van der Waals surface area contributed by atoms with Gasteiger partial charge in [0.2, 0.25) is 0 Å². The van der Waals surface area contributed by atoms with Crippen LogP contribution in [0.15, 0.2) is 172 Å². The molecule has 10 rings (SSSR count). The molecule has 0 saturated carbocycles. The van der Waals surface area contributed by atoms with E-state index in [9.17, 15) is 44.9 Å². The first-order chi connectivity index (χ1) is 59.0. The zero-order valence-corrected chi connectivity index (χ0v) is 75.8. The van der Waals surface area contributed by atoms with Gasteiger partial charge in [0.05, 0.1) is 58.0 Å². The SMILES string of the molecule is CC(=O)CCC(=O)O[C@@H]1[C@@H](N=[N+]=[N-])[C@@H](O[C@H]2[C@H](OCc3ccccc3)[C@@H](OC(=O)CCC(C)=O)[C@@H](O)O[C@@H]2COC(C)=O)O[C@H](CO[Si](C)(C)C(C)(C)C)[C@H]1O[C@@H]1O[C@H](COC(C)=O)[C@@H](O[C@H]2O[C@H](CO[Si](C)(C)C(C)(C)C)[C@@H](OCc3ccc4ccccc4c3)[C@H](OCc3ccc(Br)cc3)[C@H]2N=[N+]=[N-])[C@H](OCc2ccccc2)[C@H]1OC(=O)c1ccccc1. The minimum atomic E-state index is -3.02.